The van der Waals surface area contributed by atoms with Gasteiger partial charge in [0.1, 0.15) is 6.10 Å². The first-order valence-corrected chi connectivity index (χ1v) is 10.9. The molecule has 30 heavy (non-hydrogen) atoms. The molecule has 1 fully saturated rings. The van der Waals surface area contributed by atoms with E-state index in [1.807, 2.05) is 6.92 Å². The molecule has 0 aliphatic heterocycles. The standard InChI is InChI=1S/C25H36O5/c1-9-16(5)22(27)29-19-13-24(7)14-20(26)25(8,30-23(28)17(6)10-2)12-11-18(24)21(19)15(3)4/h9-10,15,19H,11-14H2,1-8H3/b16-9-,17-10-/t19-,24+,25-/m0/s1. The van der Waals surface area contributed by atoms with Gasteiger partial charge in [0, 0.05) is 17.6 Å². The third-order valence-electron chi connectivity index (χ3n) is 6.75. The Kier molecular flexibility index (Phi) is 7.16. The van der Waals surface area contributed by atoms with Crippen LogP contribution in [0.2, 0.25) is 0 Å². The first-order chi connectivity index (χ1) is 13.9. The van der Waals surface area contributed by atoms with Gasteiger partial charge in [-0.1, -0.05) is 38.5 Å². The van der Waals surface area contributed by atoms with Gasteiger partial charge >= 0.3 is 11.9 Å². The van der Waals surface area contributed by atoms with Crippen LogP contribution in [0.25, 0.3) is 0 Å². The summed E-state index contributed by atoms with van der Waals surface area (Å²) in [6, 6.07) is 0. The van der Waals surface area contributed by atoms with Gasteiger partial charge in [0.2, 0.25) is 0 Å². The Hall–Kier alpha value is -2.17. The minimum atomic E-state index is -1.14. The number of carbonyl (C=O) groups is 3. The fraction of sp³-hybridized carbons (Fsp3) is 0.640. The maximum absolute atomic E-state index is 13.3. The van der Waals surface area contributed by atoms with Crippen molar-refractivity contribution in [1.82, 2.24) is 0 Å². The van der Waals surface area contributed by atoms with Crippen molar-refractivity contribution in [3.05, 3.63) is 34.4 Å². The van der Waals surface area contributed by atoms with Gasteiger partial charge < -0.3 is 9.47 Å². The summed E-state index contributed by atoms with van der Waals surface area (Å²) in [5, 5.41) is 0. The lowest BCUT2D eigenvalue weighted by molar-refractivity contribution is -0.163. The third-order valence-corrected chi connectivity index (χ3v) is 6.75. The second-order valence-electron chi connectivity index (χ2n) is 9.41. The van der Waals surface area contributed by atoms with Crippen molar-refractivity contribution in [2.75, 3.05) is 0 Å². The zero-order chi connectivity index (χ0) is 22.9. The molecule has 0 aromatic heterocycles. The van der Waals surface area contributed by atoms with Crippen LogP contribution in [-0.4, -0.2) is 29.4 Å². The number of Topliss-reactive ketones (excluding diaryl/α,β-unsaturated/α-hetero) is 1. The number of hydrogen-bond acceptors (Lipinski definition) is 5. The van der Waals surface area contributed by atoms with E-state index in [0.29, 0.717) is 30.4 Å². The van der Waals surface area contributed by atoms with Crippen LogP contribution in [-0.2, 0) is 23.9 Å². The molecule has 2 aliphatic rings. The van der Waals surface area contributed by atoms with Gasteiger partial charge in [0.25, 0.3) is 0 Å². The predicted octanol–water partition coefficient (Wildman–Crippen LogP) is 5.25. The highest BCUT2D eigenvalue weighted by Gasteiger charge is 2.52. The van der Waals surface area contributed by atoms with Crippen molar-refractivity contribution >= 4 is 17.7 Å². The molecule has 0 radical (unpaired) electrons. The lowest BCUT2D eigenvalue weighted by atomic mass is 9.78. The van der Waals surface area contributed by atoms with Crippen LogP contribution in [0.4, 0.5) is 0 Å². The van der Waals surface area contributed by atoms with Crippen molar-refractivity contribution in [1.29, 1.82) is 0 Å². The number of esters is 2. The highest BCUT2D eigenvalue weighted by atomic mass is 16.6. The fourth-order valence-electron chi connectivity index (χ4n) is 4.53. The molecular weight excluding hydrogens is 380 g/mol. The Bertz CT molecular complexity index is 828. The molecule has 2 aliphatic carbocycles. The van der Waals surface area contributed by atoms with Crippen molar-refractivity contribution in [3.63, 3.8) is 0 Å². The van der Waals surface area contributed by atoms with Gasteiger partial charge in [-0.15, -0.1) is 0 Å². The number of fused-ring (bicyclic) bond motifs is 1. The third kappa shape index (κ3) is 4.60. The summed E-state index contributed by atoms with van der Waals surface area (Å²) in [5.74, 6) is -0.639. The molecule has 0 bridgehead atoms. The van der Waals surface area contributed by atoms with Crippen LogP contribution < -0.4 is 0 Å². The number of ether oxygens (including phenoxy) is 2. The van der Waals surface area contributed by atoms with Crippen LogP contribution in [0, 0.1) is 11.3 Å². The minimum absolute atomic E-state index is 0.0722. The summed E-state index contributed by atoms with van der Waals surface area (Å²) >= 11 is 0. The largest absolute Gasteiger partial charge is 0.454 e. The number of hydrogen-bond donors (Lipinski definition) is 0. The molecule has 0 N–H and O–H groups in total. The Morgan fingerprint density at radius 2 is 1.63 bits per heavy atom. The summed E-state index contributed by atoms with van der Waals surface area (Å²) in [6.45, 7) is 15.0. The summed E-state index contributed by atoms with van der Waals surface area (Å²) in [5.41, 5.74) is 1.83. The van der Waals surface area contributed by atoms with E-state index in [4.69, 9.17) is 9.47 Å². The van der Waals surface area contributed by atoms with Crippen LogP contribution >= 0.6 is 0 Å². The fourth-order valence-corrected chi connectivity index (χ4v) is 4.53. The van der Waals surface area contributed by atoms with Crippen LogP contribution in [0.15, 0.2) is 34.4 Å². The topological polar surface area (TPSA) is 69.7 Å². The van der Waals surface area contributed by atoms with Crippen LogP contribution in [0.5, 0.6) is 0 Å². The number of ketones is 1. The first kappa shape index (κ1) is 24.1. The molecule has 0 amide bonds. The van der Waals surface area contributed by atoms with Crippen molar-refractivity contribution < 1.29 is 23.9 Å². The maximum Gasteiger partial charge on any atom is 0.334 e. The molecule has 0 unspecified atom stereocenters. The predicted molar refractivity (Wildman–Crippen MR) is 117 cm³/mol. The molecule has 2 rings (SSSR count). The highest BCUT2D eigenvalue weighted by Crippen LogP contribution is 2.54. The van der Waals surface area contributed by atoms with Gasteiger partial charge in [-0.3, -0.25) is 4.79 Å². The van der Waals surface area contributed by atoms with Gasteiger partial charge in [-0.05, 0) is 70.8 Å². The highest BCUT2D eigenvalue weighted by molar-refractivity contribution is 5.94. The van der Waals surface area contributed by atoms with E-state index < -0.39 is 17.0 Å². The molecule has 3 atom stereocenters. The molecular formula is C25H36O5. The lowest BCUT2D eigenvalue weighted by Gasteiger charge is -2.29. The van der Waals surface area contributed by atoms with E-state index in [-0.39, 0.29) is 30.2 Å². The van der Waals surface area contributed by atoms with Crippen molar-refractivity contribution in [2.45, 2.75) is 92.8 Å². The Morgan fingerprint density at radius 3 is 2.17 bits per heavy atom. The summed E-state index contributed by atoms with van der Waals surface area (Å²) in [7, 11) is 0. The Labute approximate surface area is 180 Å². The van der Waals surface area contributed by atoms with Gasteiger partial charge in [0.05, 0.1) is 0 Å². The molecule has 1 saturated carbocycles. The summed E-state index contributed by atoms with van der Waals surface area (Å²) in [6.07, 6.45) is 5.05. The molecule has 0 aromatic carbocycles. The molecule has 166 valence electrons. The van der Waals surface area contributed by atoms with E-state index >= 15 is 0 Å². The maximum atomic E-state index is 13.3. The lowest BCUT2D eigenvalue weighted by Crippen LogP contribution is -2.41. The molecule has 5 heteroatoms. The second kappa shape index (κ2) is 8.91. The first-order valence-electron chi connectivity index (χ1n) is 10.9. The van der Waals surface area contributed by atoms with Crippen LogP contribution in [0.1, 0.15) is 81.1 Å². The zero-order valence-electron chi connectivity index (χ0n) is 19.7. The smallest absolute Gasteiger partial charge is 0.334 e. The SMILES string of the molecule is C/C=C(/C)C(=O)O[C@H]1C[C@]2(C)CC(=O)[C@@](C)(OC(=O)/C(C)=C\C)CCC2=C1C(C)C. The monoisotopic (exact) mass is 416 g/mol. The molecule has 0 saturated heterocycles. The van der Waals surface area contributed by atoms with E-state index in [1.165, 1.54) is 5.57 Å². The van der Waals surface area contributed by atoms with E-state index in [0.717, 1.165) is 5.57 Å². The number of carbonyl (C=O) groups excluding carboxylic acids is 3. The molecule has 5 nitrogen and oxygen atoms in total. The molecule has 0 spiro atoms. The Morgan fingerprint density at radius 1 is 1.07 bits per heavy atom. The molecule has 0 aromatic rings. The normalized spacial score (nSPS) is 30.3. The van der Waals surface area contributed by atoms with E-state index in [2.05, 4.69) is 20.8 Å². The van der Waals surface area contributed by atoms with Gasteiger partial charge in [-0.2, -0.15) is 0 Å². The van der Waals surface area contributed by atoms with E-state index in [1.54, 1.807) is 39.8 Å². The average Bonchev–Trinajstić information content (AvgIpc) is 2.90. The van der Waals surface area contributed by atoms with Crippen molar-refractivity contribution in [3.8, 4) is 0 Å². The quantitative estimate of drug-likeness (QED) is 0.348. The molecule has 0 heterocycles. The van der Waals surface area contributed by atoms with Gasteiger partial charge in [0.15, 0.2) is 11.4 Å². The van der Waals surface area contributed by atoms with E-state index in [9.17, 15) is 14.4 Å². The average molecular weight is 417 g/mol. The summed E-state index contributed by atoms with van der Waals surface area (Å²) < 4.78 is 11.6. The minimum Gasteiger partial charge on any atom is -0.454 e. The summed E-state index contributed by atoms with van der Waals surface area (Å²) in [4.78, 5) is 38.0. The zero-order valence-corrected chi connectivity index (χ0v) is 19.7. The van der Waals surface area contributed by atoms with Crippen molar-refractivity contribution in [2.24, 2.45) is 11.3 Å². The van der Waals surface area contributed by atoms with Gasteiger partial charge in [-0.25, -0.2) is 9.59 Å². The number of allylic oxidation sites excluding steroid dienone is 3. The van der Waals surface area contributed by atoms with Crippen LogP contribution in [0.3, 0.4) is 0 Å². The number of rotatable bonds is 5. The second-order valence-corrected chi connectivity index (χ2v) is 9.41. The Balaban J connectivity index is 2.38.